The molecule has 1 aromatic rings. The van der Waals surface area contributed by atoms with E-state index in [9.17, 15) is 8.42 Å². The standard InChI is InChI=1S/C4H9N5O2S/c5-12(10,11)8-2-1-4-6-3-7-9-4/h3,8H,1-2H2,(H2,5,10,11)(H,6,7,9). The highest BCUT2D eigenvalue weighted by molar-refractivity contribution is 7.87. The van der Waals surface area contributed by atoms with Crippen LogP contribution in [0.3, 0.4) is 0 Å². The van der Waals surface area contributed by atoms with Crippen molar-refractivity contribution >= 4 is 10.2 Å². The molecule has 0 aliphatic rings. The zero-order valence-corrected chi connectivity index (χ0v) is 7.00. The van der Waals surface area contributed by atoms with Gasteiger partial charge in [0.2, 0.25) is 0 Å². The Labute approximate surface area is 69.6 Å². The Kier molecular flexibility index (Phi) is 2.74. The first kappa shape index (κ1) is 9.10. The van der Waals surface area contributed by atoms with Gasteiger partial charge in [-0.3, -0.25) is 5.10 Å². The van der Waals surface area contributed by atoms with Crippen LogP contribution in [0.4, 0.5) is 0 Å². The average molecular weight is 191 g/mol. The zero-order valence-electron chi connectivity index (χ0n) is 6.19. The lowest BCUT2D eigenvalue weighted by atomic mass is 10.4. The minimum Gasteiger partial charge on any atom is -0.263 e. The summed E-state index contributed by atoms with van der Waals surface area (Å²) in [5.74, 6) is 0.617. The summed E-state index contributed by atoms with van der Waals surface area (Å²) >= 11 is 0. The molecule has 0 fully saturated rings. The van der Waals surface area contributed by atoms with Crippen LogP contribution in [0.5, 0.6) is 0 Å². The molecule has 1 heterocycles. The second kappa shape index (κ2) is 3.61. The van der Waals surface area contributed by atoms with Crippen molar-refractivity contribution < 1.29 is 8.42 Å². The second-order valence-electron chi connectivity index (χ2n) is 2.12. The molecule has 0 unspecified atom stereocenters. The Morgan fingerprint density at radius 2 is 2.42 bits per heavy atom. The van der Waals surface area contributed by atoms with Crippen LogP contribution in [-0.2, 0) is 16.6 Å². The minimum absolute atomic E-state index is 0.216. The maximum absolute atomic E-state index is 10.4. The molecule has 0 bridgehead atoms. The number of nitrogens with two attached hydrogens (primary N) is 1. The molecule has 0 atom stereocenters. The molecule has 0 aliphatic carbocycles. The Morgan fingerprint density at radius 1 is 1.67 bits per heavy atom. The lowest BCUT2D eigenvalue weighted by Gasteiger charge is -1.97. The van der Waals surface area contributed by atoms with Gasteiger partial charge in [-0.2, -0.15) is 13.5 Å². The van der Waals surface area contributed by atoms with E-state index in [1.807, 2.05) is 0 Å². The van der Waals surface area contributed by atoms with Gasteiger partial charge in [0, 0.05) is 13.0 Å². The van der Waals surface area contributed by atoms with E-state index in [2.05, 4.69) is 25.0 Å². The SMILES string of the molecule is NS(=O)(=O)NCCc1ncn[nH]1. The van der Waals surface area contributed by atoms with E-state index in [0.29, 0.717) is 12.2 Å². The van der Waals surface area contributed by atoms with E-state index < -0.39 is 10.2 Å². The molecule has 0 aromatic carbocycles. The fourth-order valence-corrected chi connectivity index (χ4v) is 1.05. The Hall–Kier alpha value is -0.990. The van der Waals surface area contributed by atoms with Crippen molar-refractivity contribution in [2.45, 2.75) is 6.42 Å². The molecule has 0 saturated heterocycles. The number of H-pyrrole nitrogens is 1. The predicted octanol–water partition coefficient (Wildman–Crippen LogP) is -1.86. The molecule has 0 amide bonds. The number of hydrogen-bond acceptors (Lipinski definition) is 4. The number of rotatable bonds is 4. The molecule has 12 heavy (non-hydrogen) atoms. The van der Waals surface area contributed by atoms with Gasteiger partial charge >= 0.3 is 0 Å². The summed E-state index contributed by atoms with van der Waals surface area (Å²) in [7, 11) is -3.59. The number of nitrogens with one attached hydrogen (secondary N) is 2. The third kappa shape index (κ3) is 3.42. The summed E-state index contributed by atoms with van der Waals surface area (Å²) in [6.45, 7) is 0.216. The van der Waals surface area contributed by atoms with E-state index >= 15 is 0 Å². The summed E-state index contributed by atoms with van der Waals surface area (Å²) in [5, 5.41) is 10.9. The highest BCUT2D eigenvalue weighted by atomic mass is 32.2. The first-order valence-electron chi connectivity index (χ1n) is 3.19. The van der Waals surface area contributed by atoms with Crippen LogP contribution in [0.2, 0.25) is 0 Å². The predicted molar refractivity (Wildman–Crippen MR) is 41.2 cm³/mol. The van der Waals surface area contributed by atoms with Crippen LogP contribution in [0.1, 0.15) is 5.82 Å². The summed E-state index contributed by atoms with van der Waals surface area (Å²) in [5.41, 5.74) is 0. The van der Waals surface area contributed by atoms with Crippen molar-refractivity contribution in [3.8, 4) is 0 Å². The normalized spacial score (nSPS) is 11.8. The molecule has 0 spiro atoms. The minimum atomic E-state index is -3.59. The van der Waals surface area contributed by atoms with Crippen LogP contribution in [-0.4, -0.2) is 30.1 Å². The van der Waals surface area contributed by atoms with Crippen LogP contribution in [0.25, 0.3) is 0 Å². The van der Waals surface area contributed by atoms with Crippen LogP contribution in [0, 0.1) is 0 Å². The van der Waals surface area contributed by atoms with E-state index in [0.717, 1.165) is 0 Å². The van der Waals surface area contributed by atoms with E-state index in [-0.39, 0.29) is 6.54 Å². The van der Waals surface area contributed by atoms with E-state index in [4.69, 9.17) is 0 Å². The zero-order chi connectivity index (χ0) is 9.03. The van der Waals surface area contributed by atoms with Gasteiger partial charge in [-0.1, -0.05) is 0 Å². The third-order valence-electron chi connectivity index (χ3n) is 1.13. The van der Waals surface area contributed by atoms with Gasteiger partial charge in [-0.15, -0.1) is 0 Å². The molecule has 68 valence electrons. The van der Waals surface area contributed by atoms with Crippen LogP contribution in [0.15, 0.2) is 6.33 Å². The summed E-state index contributed by atoms with van der Waals surface area (Å²) in [6.07, 6.45) is 1.79. The van der Waals surface area contributed by atoms with Crippen LogP contribution < -0.4 is 9.86 Å². The Balaban J connectivity index is 2.29. The monoisotopic (exact) mass is 191 g/mol. The Morgan fingerprint density at radius 3 is 2.92 bits per heavy atom. The molecule has 0 aliphatic heterocycles. The topological polar surface area (TPSA) is 114 Å². The molecule has 4 N–H and O–H groups in total. The fraction of sp³-hybridized carbons (Fsp3) is 0.500. The smallest absolute Gasteiger partial charge is 0.263 e. The van der Waals surface area contributed by atoms with Gasteiger partial charge in [-0.05, 0) is 0 Å². The molecular weight excluding hydrogens is 182 g/mol. The maximum atomic E-state index is 10.4. The van der Waals surface area contributed by atoms with Gasteiger partial charge < -0.3 is 0 Å². The lowest BCUT2D eigenvalue weighted by Crippen LogP contribution is -2.32. The van der Waals surface area contributed by atoms with Gasteiger partial charge in [0.05, 0.1) is 0 Å². The highest BCUT2D eigenvalue weighted by Gasteiger charge is 2.00. The number of hydrogen-bond donors (Lipinski definition) is 3. The summed E-state index contributed by atoms with van der Waals surface area (Å²) < 4.78 is 22.9. The van der Waals surface area contributed by atoms with Crippen molar-refractivity contribution in [3.63, 3.8) is 0 Å². The molecule has 1 rings (SSSR count). The molecule has 8 heteroatoms. The number of aromatic nitrogens is 3. The Bertz CT molecular complexity index is 317. The highest BCUT2D eigenvalue weighted by Crippen LogP contribution is 1.85. The fourth-order valence-electron chi connectivity index (χ4n) is 0.663. The van der Waals surface area contributed by atoms with E-state index in [1.54, 1.807) is 0 Å². The van der Waals surface area contributed by atoms with Crippen molar-refractivity contribution in [3.05, 3.63) is 12.2 Å². The third-order valence-corrected chi connectivity index (χ3v) is 1.74. The average Bonchev–Trinajstić information content (AvgIpc) is 2.36. The van der Waals surface area contributed by atoms with Gasteiger partial charge in [0.1, 0.15) is 12.2 Å². The first-order chi connectivity index (χ1) is 5.58. The molecule has 0 saturated carbocycles. The summed E-state index contributed by atoms with van der Waals surface area (Å²) in [4.78, 5) is 3.79. The molecular formula is C4H9N5O2S. The summed E-state index contributed by atoms with van der Waals surface area (Å²) in [6, 6.07) is 0. The number of nitrogens with zero attached hydrogens (tertiary/aromatic N) is 2. The molecule has 1 aromatic heterocycles. The second-order valence-corrected chi connectivity index (χ2v) is 3.50. The first-order valence-corrected chi connectivity index (χ1v) is 4.74. The van der Waals surface area contributed by atoms with Crippen molar-refractivity contribution in [1.29, 1.82) is 0 Å². The van der Waals surface area contributed by atoms with Crippen LogP contribution >= 0.6 is 0 Å². The van der Waals surface area contributed by atoms with Gasteiger partial charge in [0.15, 0.2) is 0 Å². The van der Waals surface area contributed by atoms with Gasteiger partial charge in [-0.25, -0.2) is 14.8 Å². The maximum Gasteiger partial charge on any atom is 0.274 e. The largest absolute Gasteiger partial charge is 0.274 e. The number of aromatic amines is 1. The quantitative estimate of drug-likeness (QED) is 0.517. The molecule has 0 radical (unpaired) electrons. The van der Waals surface area contributed by atoms with Crippen molar-refractivity contribution in [1.82, 2.24) is 19.9 Å². The van der Waals surface area contributed by atoms with E-state index in [1.165, 1.54) is 6.33 Å². The lowest BCUT2D eigenvalue weighted by molar-refractivity contribution is 0.582. The van der Waals surface area contributed by atoms with Gasteiger partial charge in [0.25, 0.3) is 10.2 Å². The van der Waals surface area contributed by atoms with Crippen molar-refractivity contribution in [2.75, 3.05) is 6.54 Å². The molecule has 7 nitrogen and oxygen atoms in total. The van der Waals surface area contributed by atoms with Crippen molar-refractivity contribution in [2.24, 2.45) is 5.14 Å².